The monoisotopic (exact) mass is 279 g/mol. The molecule has 1 aromatic carbocycles. The van der Waals surface area contributed by atoms with Crippen LogP contribution in [0.25, 0.3) is 0 Å². The summed E-state index contributed by atoms with van der Waals surface area (Å²) in [6, 6.07) is 5.95. The molecule has 1 amide bonds. The first kappa shape index (κ1) is 14.2. The highest BCUT2D eigenvalue weighted by molar-refractivity contribution is 8.00. The van der Waals surface area contributed by atoms with Crippen LogP contribution in [-0.4, -0.2) is 34.4 Å². The molecule has 2 rings (SSSR count). The number of amides is 1. The highest BCUT2D eigenvalue weighted by Crippen LogP contribution is 2.27. The van der Waals surface area contributed by atoms with Gasteiger partial charge in [0.05, 0.1) is 11.3 Å². The van der Waals surface area contributed by atoms with E-state index in [2.05, 4.69) is 19.3 Å². The SMILES string of the molecule is Cc1ccc(C(=O)N2CCSC(C)C2C)c(NN)c1. The second kappa shape index (κ2) is 5.84. The van der Waals surface area contributed by atoms with Gasteiger partial charge in [-0.3, -0.25) is 10.6 Å². The van der Waals surface area contributed by atoms with Gasteiger partial charge in [0.15, 0.2) is 0 Å². The third-order valence-electron chi connectivity index (χ3n) is 3.71. The Hall–Kier alpha value is -1.20. The maximum Gasteiger partial charge on any atom is 0.256 e. The molecule has 0 aliphatic carbocycles. The minimum absolute atomic E-state index is 0.0626. The van der Waals surface area contributed by atoms with Crippen LogP contribution in [-0.2, 0) is 0 Å². The lowest BCUT2D eigenvalue weighted by Crippen LogP contribution is -2.48. The minimum atomic E-state index is 0.0626. The van der Waals surface area contributed by atoms with E-state index in [1.165, 1.54) is 0 Å². The number of rotatable bonds is 2. The summed E-state index contributed by atoms with van der Waals surface area (Å²) >= 11 is 1.92. The largest absolute Gasteiger partial charge is 0.334 e. The number of hydrogen-bond acceptors (Lipinski definition) is 4. The van der Waals surface area contributed by atoms with Crippen molar-refractivity contribution < 1.29 is 4.79 Å². The molecule has 3 N–H and O–H groups in total. The number of aryl methyl sites for hydroxylation is 1. The molecule has 0 spiro atoms. The van der Waals surface area contributed by atoms with Crippen molar-refractivity contribution in [2.75, 3.05) is 17.7 Å². The first-order valence-electron chi connectivity index (χ1n) is 6.54. The first-order chi connectivity index (χ1) is 9.04. The van der Waals surface area contributed by atoms with E-state index in [0.717, 1.165) is 17.9 Å². The van der Waals surface area contributed by atoms with Gasteiger partial charge in [-0.2, -0.15) is 11.8 Å². The quantitative estimate of drug-likeness (QED) is 0.644. The van der Waals surface area contributed by atoms with E-state index in [1.807, 2.05) is 41.8 Å². The zero-order valence-electron chi connectivity index (χ0n) is 11.6. The number of carbonyl (C=O) groups excluding carboxylic acids is 1. The summed E-state index contributed by atoms with van der Waals surface area (Å²) < 4.78 is 0. The molecule has 5 heteroatoms. The predicted molar refractivity (Wildman–Crippen MR) is 81.4 cm³/mol. The number of carbonyl (C=O) groups is 1. The molecular weight excluding hydrogens is 258 g/mol. The van der Waals surface area contributed by atoms with Gasteiger partial charge in [-0.1, -0.05) is 13.0 Å². The number of nitrogens with two attached hydrogens (primary N) is 1. The van der Waals surface area contributed by atoms with E-state index in [-0.39, 0.29) is 11.9 Å². The predicted octanol–water partition coefficient (Wildman–Crippen LogP) is 2.25. The molecule has 0 bridgehead atoms. The smallest absolute Gasteiger partial charge is 0.256 e. The molecule has 0 saturated carbocycles. The summed E-state index contributed by atoms with van der Waals surface area (Å²) in [4.78, 5) is 14.6. The van der Waals surface area contributed by atoms with Gasteiger partial charge in [0.25, 0.3) is 5.91 Å². The van der Waals surface area contributed by atoms with Crippen molar-refractivity contribution in [3.63, 3.8) is 0 Å². The van der Waals surface area contributed by atoms with E-state index >= 15 is 0 Å². The summed E-state index contributed by atoms with van der Waals surface area (Å²) in [5, 5.41) is 0.470. The van der Waals surface area contributed by atoms with Crippen molar-refractivity contribution in [1.29, 1.82) is 0 Å². The second-order valence-corrected chi connectivity index (χ2v) is 6.49. The van der Waals surface area contributed by atoms with Crippen molar-refractivity contribution in [3.05, 3.63) is 29.3 Å². The van der Waals surface area contributed by atoms with Gasteiger partial charge in [-0.25, -0.2) is 0 Å². The van der Waals surface area contributed by atoms with Crippen molar-refractivity contribution in [2.24, 2.45) is 5.84 Å². The van der Waals surface area contributed by atoms with Crippen molar-refractivity contribution in [1.82, 2.24) is 4.90 Å². The Balaban J connectivity index is 2.28. The molecule has 1 aliphatic heterocycles. The maximum atomic E-state index is 12.7. The third kappa shape index (κ3) is 2.87. The Morgan fingerprint density at radius 1 is 1.47 bits per heavy atom. The van der Waals surface area contributed by atoms with Crippen molar-refractivity contribution in [3.8, 4) is 0 Å². The molecule has 0 radical (unpaired) electrons. The third-order valence-corrected chi connectivity index (χ3v) is 5.04. The average Bonchev–Trinajstić information content (AvgIpc) is 2.41. The summed E-state index contributed by atoms with van der Waals surface area (Å²) in [5.41, 5.74) is 5.06. The van der Waals surface area contributed by atoms with Crippen LogP contribution >= 0.6 is 11.8 Å². The Kier molecular flexibility index (Phi) is 4.37. The van der Waals surface area contributed by atoms with E-state index in [0.29, 0.717) is 16.5 Å². The van der Waals surface area contributed by atoms with Crippen molar-refractivity contribution >= 4 is 23.4 Å². The number of benzene rings is 1. The van der Waals surface area contributed by atoms with E-state index < -0.39 is 0 Å². The number of nitrogens with one attached hydrogen (secondary N) is 1. The van der Waals surface area contributed by atoms with Crippen LogP contribution in [0.5, 0.6) is 0 Å². The molecule has 2 unspecified atom stereocenters. The van der Waals surface area contributed by atoms with Gasteiger partial charge in [-0.15, -0.1) is 0 Å². The van der Waals surface area contributed by atoms with E-state index in [1.54, 1.807) is 0 Å². The first-order valence-corrected chi connectivity index (χ1v) is 7.59. The Labute approximate surface area is 118 Å². The van der Waals surface area contributed by atoms with Crippen LogP contribution in [0.3, 0.4) is 0 Å². The van der Waals surface area contributed by atoms with Crippen LogP contribution in [0.2, 0.25) is 0 Å². The molecule has 1 saturated heterocycles. The van der Waals surface area contributed by atoms with Gasteiger partial charge in [0, 0.05) is 23.6 Å². The Morgan fingerprint density at radius 3 is 2.89 bits per heavy atom. The van der Waals surface area contributed by atoms with E-state index in [9.17, 15) is 4.79 Å². The number of thioether (sulfide) groups is 1. The highest BCUT2D eigenvalue weighted by Gasteiger charge is 2.30. The van der Waals surface area contributed by atoms with Crippen LogP contribution in [0.15, 0.2) is 18.2 Å². The summed E-state index contributed by atoms with van der Waals surface area (Å²) in [6.07, 6.45) is 0. The normalized spacial score (nSPS) is 23.3. The fourth-order valence-corrected chi connectivity index (χ4v) is 3.44. The number of nitrogen functional groups attached to an aromatic ring is 1. The lowest BCUT2D eigenvalue weighted by atomic mass is 10.1. The van der Waals surface area contributed by atoms with Gasteiger partial charge in [0.2, 0.25) is 0 Å². The fourth-order valence-electron chi connectivity index (χ4n) is 2.34. The fraction of sp³-hybridized carbons (Fsp3) is 0.500. The molecule has 1 heterocycles. The number of hydrogen-bond donors (Lipinski definition) is 2. The van der Waals surface area contributed by atoms with Gasteiger partial charge in [0.1, 0.15) is 0 Å². The lowest BCUT2D eigenvalue weighted by molar-refractivity contribution is 0.0699. The number of hydrazine groups is 1. The molecule has 104 valence electrons. The minimum Gasteiger partial charge on any atom is -0.334 e. The van der Waals surface area contributed by atoms with Crippen LogP contribution in [0, 0.1) is 6.92 Å². The van der Waals surface area contributed by atoms with Crippen LogP contribution < -0.4 is 11.3 Å². The van der Waals surface area contributed by atoms with Crippen LogP contribution in [0.1, 0.15) is 29.8 Å². The Bertz CT molecular complexity index is 478. The van der Waals surface area contributed by atoms with Crippen LogP contribution in [0.4, 0.5) is 5.69 Å². The highest BCUT2D eigenvalue weighted by atomic mass is 32.2. The van der Waals surface area contributed by atoms with Gasteiger partial charge < -0.3 is 10.3 Å². The number of anilines is 1. The topological polar surface area (TPSA) is 58.4 Å². The molecule has 1 fully saturated rings. The molecular formula is C14H21N3OS. The van der Waals surface area contributed by atoms with Gasteiger partial charge >= 0.3 is 0 Å². The average molecular weight is 279 g/mol. The standard InChI is InChI=1S/C14H21N3OS/c1-9-4-5-12(13(8-9)16-15)14(18)17-6-7-19-11(3)10(17)2/h4-5,8,10-11,16H,6-7,15H2,1-3H3. The maximum absolute atomic E-state index is 12.7. The molecule has 0 aromatic heterocycles. The molecule has 4 nitrogen and oxygen atoms in total. The summed E-state index contributed by atoms with van der Waals surface area (Å²) in [7, 11) is 0. The Morgan fingerprint density at radius 2 is 2.21 bits per heavy atom. The zero-order chi connectivity index (χ0) is 14.0. The second-order valence-electron chi connectivity index (χ2n) is 5.01. The zero-order valence-corrected chi connectivity index (χ0v) is 12.5. The molecule has 19 heavy (non-hydrogen) atoms. The summed E-state index contributed by atoms with van der Waals surface area (Å²) in [5.74, 6) is 6.58. The lowest BCUT2D eigenvalue weighted by Gasteiger charge is -2.37. The molecule has 1 aliphatic rings. The summed E-state index contributed by atoms with van der Waals surface area (Å²) in [6.45, 7) is 7.06. The van der Waals surface area contributed by atoms with E-state index in [4.69, 9.17) is 5.84 Å². The molecule has 1 aromatic rings. The van der Waals surface area contributed by atoms with Crippen molar-refractivity contribution in [2.45, 2.75) is 32.1 Å². The van der Waals surface area contributed by atoms with Gasteiger partial charge in [-0.05, 0) is 31.5 Å². The number of nitrogens with zero attached hydrogens (tertiary/aromatic N) is 1. The molecule has 2 atom stereocenters.